The van der Waals surface area contributed by atoms with Crippen LogP contribution >= 0.6 is 0 Å². The molecular formula is C15H22BFN2O5. The first-order valence-corrected chi connectivity index (χ1v) is 7.54. The van der Waals surface area contributed by atoms with Gasteiger partial charge < -0.3 is 25.3 Å². The first kappa shape index (κ1) is 20.1. The number of amides is 2. The van der Waals surface area contributed by atoms with Gasteiger partial charge in [-0.25, -0.2) is 4.39 Å². The van der Waals surface area contributed by atoms with Gasteiger partial charge in [0.2, 0.25) is 5.91 Å². The van der Waals surface area contributed by atoms with E-state index in [4.69, 9.17) is 14.7 Å². The topological polar surface area (TPSA) is 108 Å². The molecule has 0 aromatic heterocycles. The Hall–Kier alpha value is -1.97. The summed E-state index contributed by atoms with van der Waals surface area (Å²) < 4.78 is 18.4. The predicted molar refractivity (Wildman–Crippen MR) is 86.1 cm³/mol. The molecule has 0 fully saturated rings. The van der Waals surface area contributed by atoms with Crippen LogP contribution in [-0.4, -0.2) is 42.0 Å². The van der Waals surface area contributed by atoms with Gasteiger partial charge in [-0.1, -0.05) is 25.5 Å². The maximum atomic E-state index is 13.6. The lowest BCUT2D eigenvalue weighted by Crippen LogP contribution is -2.46. The third-order valence-electron chi connectivity index (χ3n) is 3.07. The van der Waals surface area contributed by atoms with E-state index in [1.807, 2.05) is 13.8 Å². The average molecular weight is 340 g/mol. The highest BCUT2D eigenvalue weighted by Gasteiger charge is 2.21. The van der Waals surface area contributed by atoms with Crippen LogP contribution in [0, 0.1) is 18.7 Å². The highest BCUT2D eigenvalue weighted by molar-refractivity contribution is 6.32. The maximum absolute atomic E-state index is 13.6. The van der Waals surface area contributed by atoms with Gasteiger partial charge in [-0.15, -0.1) is 0 Å². The number of aryl methyl sites for hydroxylation is 1. The molecule has 0 spiro atoms. The van der Waals surface area contributed by atoms with Crippen LogP contribution in [0.1, 0.15) is 36.2 Å². The lowest BCUT2D eigenvalue weighted by molar-refractivity contribution is -0.123. The molecule has 0 bridgehead atoms. The molecule has 0 saturated heterocycles. The number of hydrogen-bond acceptors (Lipinski definition) is 5. The van der Waals surface area contributed by atoms with Gasteiger partial charge in [-0.3, -0.25) is 9.59 Å². The van der Waals surface area contributed by atoms with Gasteiger partial charge >= 0.3 is 7.32 Å². The molecular weight excluding hydrogens is 318 g/mol. The van der Waals surface area contributed by atoms with Crippen LogP contribution in [0.3, 0.4) is 0 Å². The molecule has 132 valence electrons. The number of rotatable bonds is 8. The number of benzene rings is 1. The van der Waals surface area contributed by atoms with Gasteiger partial charge in [0, 0.05) is 0 Å². The van der Waals surface area contributed by atoms with Gasteiger partial charge in [-0.2, -0.15) is 0 Å². The quantitative estimate of drug-likeness (QED) is 0.403. The molecule has 0 saturated carbocycles. The van der Waals surface area contributed by atoms with E-state index < -0.39 is 37.7 Å². The Morgan fingerprint density at radius 3 is 2.58 bits per heavy atom. The third kappa shape index (κ3) is 7.07. The molecule has 7 nitrogen and oxygen atoms in total. The summed E-state index contributed by atoms with van der Waals surface area (Å²) in [7, 11) is -2.02. The standard InChI is InChI=1S/C15H22BFN2O5/c1-9(2)6-14(24-16(22)23)19-13(20)8-18-15(21)11-7-10(3)4-5-12(11)17/h4-5,7,9,14,22-23H,6,8H2,1-3H3,(H,18,21)(H,19,20). The minimum Gasteiger partial charge on any atom is -0.402 e. The second kappa shape index (κ2) is 9.36. The summed E-state index contributed by atoms with van der Waals surface area (Å²) in [5, 5.41) is 22.4. The van der Waals surface area contributed by atoms with Crippen LogP contribution in [0.2, 0.25) is 0 Å². The van der Waals surface area contributed by atoms with E-state index in [2.05, 4.69) is 10.6 Å². The minimum absolute atomic E-state index is 0.130. The fourth-order valence-corrected chi connectivity index (χ4v) is 2.02. The zero-order chi connectivity index (χ0) is 18.3. The summed E-state index contributed by atoms with van der Waals surface area (Å²) in [6, 6.07) is 4.10. The molecule has 4 N–H and O–H groups in total. The SMILES string of the molecule is Cc1ccc(F)c(C(=O)NCC(=O)NC(CC(C)C)OB(O)O)c1. The molecule has 1 unspecified atom stereocenters. The van der Waals surface area contributed by atoms with Crippen LogP contribution in [0.4, 0.5) is 4.39 Å². The van der Waals surface area contributed by atoms with Gasteiger partial charge in [0.1, 0.15) is 12.0 Å². The van der Waals surface area contributed by atoms with Crippen molar-refractivity contribution in [1.82, 2.24) is 10.6 Å². The normalized spacial score (nSPS) is 12.0. The number of carbonyl (C=O) groups excluding carboxylic acids is 2. The molecule has 9 heteroatoms. The Morgan fingerprint density at radius 1 is 1.33 bits per heavy atom. The van der Waals surface area contributed by atoms with Crippen molar-refractivity contribution in [3.8, 4) is 0 Å². The molecule has 1 atom stereocenters. The Balaban J connectivity index is 2.57. The number of nitrogens with one attached hydrogen (secondary N) is 2. The Kier molecular flexibility index (Phi) is 7.83. The zero-order valence-corrected chi connectivity index (χ0v) is 13.9. The summed E-state index contributed by atoms with van der Waals surface area (Å²) in [6.45, 7) is 5.06. The van der Waals surface area contributed by atoms with Crippen molar-refractivity contribution in [3.05, 3.63) is 35.1 Å². The van der Waals surface area contributed by atoms with E-state index in [9.17, 15) is 14.0 Å². The smallest absolute Gasteiger partial charge is 0.402 e. The van der Waals surface area contributed by atoms with E-state index >= 15 is 0 Å². The van der Waals surface area contributed by atoms with Gasteiger partial charge in [0.05, 0.1) is 12.1 Å². The molecule has 0 aliphatic heterocycles. The Labute approximate surface area is 140 Å². The second-order valence-electron chi connectivity index (χ2n) is 5.81. The van der Waals surface area contributed by atoms with Crippen molar-refractivity contribution in [1.29, 1.82) is 0 Å². The maximum Gasteiger partial charge on any atom is 0.635 e. The number of halogens is 1. The van der Waals surface area contributed by atoms with Crippen LogP contribution in [-0.2, 0) is 9.45 Å². The largest absolute Gasteiger partial charge is 0.635 e. The Morgan fingerprint density at radius 2 is 2.00 bits per heavy atom. The van der Waals surface area contributed by atoms with Crippen LogP contribution in [0.5, 0.6) is 0 Å². The average Bonchev–Trinajstić information content (AvgIpc) is 2.45. The molecule has 1 rings (SSSR count). The number of hydrogen-bond donors (Lipinski definition) is 4. The van der Waals surface area contributed by atoms with Crippen molar-refractivity contribution >= 4 is 19.1 Å². The van der Waals surface area contributed by atoms with E-state index in [0.717, 1.165) is 0 Å². The monoisotopic (exact) mass is 340 g/mol. The predicted octanol–water partition coefficient (Wildman–Crippen LogP) is 0.338. The van der Waals surface area contributed by atoms with E-state index in [0.29, 0.717) is 12.0 Å². The molecule has 0 aliphatic carbocycles. The lowest BCUT2D eigenvalue weighted by Gasteiger charge is -2.21. The van der Waals surface area contributed by atoms with Crippen LogP contribution in [0.15, 0.2) is 18.2 Å². The van der Waals surface area contributed by atoms with E-state index in [1.54, 1.807) is 6.92 Å². The Bertz CT molecular complexity index is 573. The van der Waals surface area contributed by atoms with E-state index in [-0.39, 0.29) is 11.5 Å². The van der Waals surface area contributed by atoms with Crippen molar-refractivity contribution in [2.45, 2.75) is 33.4 Å². The number of carbonyl (C=O) groups is 2. The van der Waals surface area contributed by atoms with Gasteiger partial charge in [0.25, 0.3) is 5.91 Å². The first-order chi connectivity index (χ1) is 11.2. The fourth-order valence-electron chi connectivity index (χ4n) is 2.02. The molecule has 1 aromatic carbocycles. The minimum atomic E-state index is -2.02. The van der Waals surface area contributed by atoms with E-state index in [1.165, 1.54) is 18.2 Å². The van der Waals surface area contributed by atoms with Crippen molar-refractivity contribution < 1.29 is 28.7 Å². The highest BCUT2D eigenvalue weighted by Crippen LogP contribution is 2.10. The molecule has 1 aromatic rings. The molecule has 24 heavy (non-hydrogen) atoms. The summed E-state index contributed by atoms with van der Waals surface area (Å²) >= 11 is 0. The van der Waals surface area contributed by atoms with Crippen molar-refractivity contribution in [2.75, 3.05) is 6.54 Å². The fraction of sp³-hybridized carbons (Fsp3) is 0.467. The van der Waals surface area contributed by atoms with Crippen LogP contribution in [0.25, 0.3) is 0 Å². The van der Waals surface area contributed by atoms with Gasteiger partial charge in [0.15, 0.2) is 0 Å². The summed E-state index contributed by atoms with van der Waals surface area (Å²) in [6.07, 6.45) is -0.561. The lowest BCUT2D eigenvalue weighted by atomic mass is 10.1. The summed E-state index contributed by atoms with van der Waals surface area (Å²) in [5.41, 5.74) is 0.567. The molecule has 0 aliphatic rings. The van der Waals surface area contributed by atoms with Crippen molar-refractivity contribution in [2.24, 2.45) is 5.92 Å². The van der Waals surface area contributed by atoms with Crippen molar-refractivity contribution in [3.63, 3.8) is 0 Å². The molecule has 0 radical (unpaired) electrons. The van der Waals surface area contributed by atoms with Crippen LogP contribution < -0.4 is 10.6 Å². The summed E-state index contributed by atoms with van der Waals surface area (Å²) in [4.78, 5) is 23.8. The highest BCUT2D eigenvalue weighted by atomic mass is 19.1. The first-order valence-electron chi connectivity index (χ1n) is 7.54. The summed E-state index contributed by atoms with van der Waals surface area (Å²) in [5.74, 6) is -1.86. The second-order valence-corrected chi connectivity index (χ2v) is 5.81. The molecule has 0 heterocycles. The van der Waals surface area contributed by atoms with Gasteiger partial charge in [-0.05, 0) is 31.4 Å². The third-order valence-corrected chi connectivity index (χ3v) is 3.07. The zero-order valence-electron chi connectivity index (χ0n) is 13.9. The molecule has 2 amide bonds.